The van der Waals surface area contributed by atoms with Gasteiger partial charge in [0.1, 0.15) is 5.82 Å². The number of hydrogen-bond acceptors (Lipinski definition) is 5. The first-order valence-corrected chi connectivity index (χ1v) is 9.29. The Morgan fingerprint density at radius 1 is 1.04 bits per heavy atom. The summed E-state index contributed by atoms with van der Waals surface area (Å²) < 4.78 is 13.0. The van der Waals surface area contributed by atoms with E-state index < -0.39 is 11.8 Å². The lowest BCUT2D eigenvalue weighted by atomic mass is 9.81. The number of benzene rings is 1. The third kappa shape index (κ3) is 5.10. The summed E-state index contributed by atoms with van der Waals surface area (Å²) in [6, 6.07) is 5.81. The van der Waals surface area contributed by atoms with E-state index in [1.165, 1.54) is 24.5 Å². The topological polar surface area (TPSA) is 96.0 Å². The van der Waals surface area contributed by atoms with Crippen molar-refractivity contribution >= 4 is 11.8 Å². The number of carbonyl (C=O) groups is 2. The Labute approximate surface area is 163 Å². The largest absolute Gasteiger partial charge is 0.350 e. The molecule has 0 bridgehead atoms. The molecule has 1 fully saturated rings. The minimum Gasteiger partial charge on any atom is -0.350 e. The normalized spacial score (nSPS) is 15.6. The number of aromatic nitrogens is 2. The van der Waals surface area contributed by atoms with Crippen molar-refractivity contribution in [1.29, 1.82) is 0 Å². The molecule has 2 amide bonds. The van der Waals surface area contributed by atoms with Crippen LogP contribution in [0.1, 0.15) is 46.3 Å². The van der Waals surface area contributed by atoms with Gasteiger partial charge in [0.15, 0.2) is 11.4 Å². The fraction of sp³-hybridized carbons (Fsp3) is 0.400. The molecule has 1 aromatic heterocycles. The fourth-order valence-electron chi connectivity index (χ4n) is 3.12. The highest BCUT2D eigenvalue weighted by atomic mass is 19.1. The maximum Gasteiger partial charge on any atom is 0.272 e. The van der Waals surface area contributed by atoms with E-state index in [0.717, 1.165) is 31.5 Å². The SMILES string of the molecule is CC1(CNC(=O)c2nccnc2C(=O)NCc2ccc(F)cc2)CCNCC1. The lowest BCUT2D eigenvalue weighted by Gasteiger charge is -2.34. The molecule has 8 heteroatoms. The number of amides is 2. The predicted octanol–water partition coefficient (Wildman–Crippen LogP) is 1.67. The summed E-state index contributed by atoms with van der Waals surface area (Å²) in [5.74, 6) is -1.26. The van der Waals surface area contributed by atoms with Crippen LogP contribution < -0.4 is 16.0 Å². The Kier molecular flexibility index (Phi) is 6.30. The standard InChI is InChI=1S/C20H24FN5O2/c1-20(6-8-22-9-7-20)13-26-19(28)17-16(23-10-11-24-17)18(27)25-12-14-2-4-15(21)5-3-14/h2-5,10-11,22H,6-9,12-13H2,1H3,(H,25,27)(H,26,28). The van der Waals surface area contributed by atoms with Crippen LogP contribution in [0.5, 0.6) is 0 Å². The highest BCUT2D eigenvalue weighted by molar-refractivity contribution is 6.04. The van der Waals surface area contributed by atoms with Crippen LogP contribution in [0.3, 0.4) is 0 Å². The fourth-order valence-corrected chi connectivity index (χ4v) is 3.12. The molecule has 1 aliphatic heterocycles. The molecule has 1 aliphatic rings. The van der Waals surface area contributed by atoms with Crippen molar-refractivity contribution in [1.82, 2.24) is 25.9 Å². The van der Waals surface area contributed by atoms with Crippen LogP contribution in [0.4, 0.5) is 4.39 Å². The van der Waals surface area contributed by atoms with Gasteiger partial charge in [-0.1, -0.05) is 19.1 Å². The summed E-state index contributed by atoms with van der Waals surface area (Å²) in [6.45, 7) is 4.70. The van der Waals surface area contributed by atoms with Crippen molar-refractivity contribution in [2.24, 2.45) is 5.41 Å². The second kappa shape index (κ2) is 8.88. The summed E-state index contributed by atoms with van der Waals surface area (Å²) in [5, 5.41) is 8.89. The Morgan fingerprint density at radius 3 is 2.21 bits per heavy atom. The molecule has 0 spiro atoms. The second-order valence-corrected chi connectivity index (χ2v) is 7.31. The number of rotatable bonds is 6. The average molecular weight is 385 g/mol. The molecule has 7 nitrogen and oxygen atoms in total. The molecule has 28 heavy (non-hydrogen) atoms. The van der Waals surface area contributed by atoms with Gasteiger partial charge in [-0.2, -0.15) is 0 Å². The van der Waals surface area contributed by atoms with Crippen molar-refractivity contribution in [3.63, 3.8) is 0 Å². The smallest absolute Gasteiger partial charge is 0.272 e. The molecule has 0 atom stereocenters. The Morgan fingerprint density at radius 2 is 1.61 bits per heavy atom. The molecule has 1 saturated heterocycles. The monoisotopic (exact) mass is 385 g/mol. The summed E-state index contributed by atoms with van der Waals surface area (Å²) in [4.78, 5) is 33.2. The zero-order valence-corrected chi connectivity index (χ0v) is 15.8. The predicted molar refractivity (Wildman–Crippen MR) is 102 cm³/mol. The lowest BCUT2D eigenvalue weighted by molar-refractivity contribution is 0.0892. The number of halogens is 1. The van der Waals surface area contributed by atoms with Crippen molar-refractivity contribution in [3.05, 3.63) is 59.4 Å². The molecule has 0 radical (unpaired) electrons. The van der Waals surface area contributed by atoms with Crippen LogP contribution >= 0.6 is 0 Å². The van der Waals surface area contributed by atoms with E-state index in [0.29, 0.717) is 6.54 Å². The molecule has 3 N–H and O–H groups in total. The minimum atomic E-state index is -0.504. The average Bonchev–Trinajstić information content (AvgIpc) is 2.72. The van der Waals surface area contributed by atoms with E-state index in [-0.39, 0.29) is 29.2 Å². The molecule has 2 aromatic rings. The molecule has 0 saturated carbocycles. The number of nitrogens with zero attached hydrogens (tertiary/aromatic N) is 2. The van der Waals surface area contributed by atoms with E-state index in [1.54, 1.807) is 12.1 Å². The Bertz CT molecular complexity index is 835. The summed E-state index contributed by atoms with van der Waals surface area (Å²) >= 11 is 0. The van der Waals surface area contributed by atoms with Gasteiger partial charge in [-0.05, 0) is 49.0 Å². The molecule has 2 heterocycles. The molecule has 0 aliphatic carbocycles. The van der Waals surface area contributed by atoms with E-state index >= 15 is 0 Å². The van der Waals surface area contributed by atoms with E-state index in [4.69, 9.17) is 0 Å². The van der Waals surface area contributed by atoms with E-state index in [9.17, 15) is 14.0 Å². The maximum atomic E-state index is 13.0. The number of hydrogen-bond donors (Lipinski definition) is 3. The van der Waals surface area contributed by atoms with Gasteiger partial charge in [0.2, 0.25) is 0 Å². The van der Waals surface area contributed by atoms with Crippen LogP contribution in [0, 0.1) is 11.2 Å². The van der Waals surface area contributed by atoms with E-state index in [1.807, 2.05) is 0 Å². The van der Waals surface area contributed by atoms with Gasteiger partial charge < -0.3 is 16.0 Å². The van der Waals surface area contributed by atoms with Crippen LogP contribution in [0.25, 0.3) is 0 Å². The number of carbonyl (C=O) groups excluding carboxylic acids is 2. The minimum absolute atomic E-state index is 0.00311. The third-order valence-electron chi connectivity index (χ3n) is 4.98. The van der Waals surface area contributed by atoms with Crippen molar-refractivity contribution in [2.75, 3.05) is 19.6 Å². The van der Waals surface area contributed by atoms with Crippen molar-refractivity contribution in [3.8, 4) is 0 Å². The van der Waals surface area contributed by atoms with Crippen LogP contribution in [-0.2, 0) is 6.54 Å². The lowest BCUT2D eigenvalue weighted by Crippen LogP contribution is -2.43. The van der Waals surface area contributed by atoms with Crippen molar-refractivity contribution in [2.45, 2.75) is 26.3 Å². The van der Waals surface area contributed by atoms with Crippen LogP contribution in [0.2, 0.25) is 0 Å². The molecular formula is C20H24FN5O2. The summed E-state index contributed by atoms with van der Waals surface area (Å²) in [5.41, 5.74) is 0.728. The molecule has 148 valence electrons. The Hall–Kier alpha value is -2.87. The van der Waals surface area contributed by atoms with Crippen LogP contribution in [-0.4, -0.2) is 41.4 Å². The first kappa shape index (κ1) is 19.9. The van der Waals surface area contributed by atoms with Gasteiger partial charge in [-0.25, -0.2) is 14.4 Å². The van der Waals surface area contributed by atoms with Gasteiger partial charge in [-0.3, -0.25) is 9.59 Å². The highest BCUT2D eigenvalue weighted by Crippen LogP contribution is 2.26. The van der Waals surface area contributed by atoms with Gasteiger partial charge in [0.05, 0.1) is 0 Å². The van der Waals surface area contributed by atoms with Gasteiger partial charge >= 0.3 is 0 Å². The molecule has 1 aromatic carbocycles. The first-order chi connectivity index (χ1) is 13.5. The molecular weight excluding hydrogens is 361 g/mol. The van der Waals surface area contributed by atoms with Gasteiger partial charge in [-0.15, -0.1) is 0 Å². The second-order valence-electron chi connectivity index (χ2n) is 7.31. The highest BCUT2D eigenvalue weighted by Gasteiger charge is 2.28. The quantitative estimate of drug-likeness (QED) is 0.703. The zero-order valence-electron chi connectivity index (χ0n) is 15.8. The first-order valence-electron chi connectivity index (χ1n) is 9.29. The molecule has 0 unspecified atom stereocenters. The van der Waals surface area contributed by atoms with Crippen LogP contribution in [0.15, 0.2) is 36.7 Å². The summed E-state index contributed by atoms with van der Waals surface area (Å²) in [7, 11) is 0. The van der Waals surface area contributed by atoms with Gasteiger partial charge in [0.25, 0.3) is 11.8 Å². The van der Waals surface area contributed by atoms with Crippen molar-refractivity contribution < 1.29 is 14.0 Å². The number of piperidine rings is 1. The van der Waals surface area contributed by atoms with E-state index in [2.05, 4.69) is 32.8 Å². The Balaban J connectivity index is 1.63. The van der Waals surface area contributed by atoms with Gasteiger partial charge in [0, 0.05) is 25.5 Å². The number of nitrogens with one attached hydrogen (secondary N) is 3. The summed E-state index contributed by atoms with van der Waals surface area (Å²) in [6.07, 6.45) is 4.70. The maximum absolute atomic E-state index is 13.0. The molecule has 3 rings (SSSR count). The third-order valence-corrected chi connectivity index (χ3v) is 4.98. The zero-order chi connectivity index (χ0) is 20.0.